The van der Waals surface area contributed by atoms with Crippen LogP contribution in [0.3, 0.4) is 0 Å². The Morgan fingerprint density at radius 2 is 1.94 bits per heavy atom. The third-order valence-corrected chi connectivity index (χ3v) is 6.28. The Balaban J connectivity index is 2.11. The molecule has 0 bridgehead atoms. The van der Waals surface area contributed by atoms with E-state index in [0.29, 0.717) is 0 Å². The molecule has 94 valence electrons. The highest BCUT2D eigenvalue weighted by Crippen LogP contribution is 2.28. The van der Waals surface area contributed by atoms with Gasteiger partial charge in [0.2, 0.25) is 10.0 Å². The summed E-state index contributed by atoms with van der Waals surface area (Å²) in [6.07, 6.45) is 4.57. The Bertz CT molecular complexity index is 323. The largest absolute Gasteiger partial charge is 0.317 e. The van der Waals surface area contributed by atoms with Crippen LogP contribution in [0.25, 0.3) is 0 Å². The second-order valence-electron chi connectivity index (χ2n) is 4.81. The second-order valence-corrected chi connectivity index (χ2v) is 6.97. The average molecular weight is 246 g/mol. The molecule has 0 amide bonds. The van der Waals surface area contributed by atoms with Crippen molar-refractivity contribution in [3.05, 3.63) is 0 Å². The molecule has 2 rings (SSSR count). The van der Waals surface area contributed by atoms with E-state index in [-0.39, 0.29) is 11.3 Å². The summed E-state index contributed by atoms with van der Waals surface area (Å²) in [7, 11) is -3.03. The van der Waals surface area contributed by atoms with Gasteiger partial charge in [0.15, 0.2) is 0 Å². The van der Waals surface area contributed by atoms with E-state index in [2.05, 4.69) is 12.2 Å². The molecule has 2 saturated heterocycles. The first-order valence-electron chi connectivity index (χ1n) is 6.37. The van der Waals surface area contributed by atoms with Crippen LogP contribution in [0, 0.1) is 0 Å². The lowest BCUT2D eigenvalue weighted by atomic mass is 10.2. The summed E-state index contributed by atoms with van der Waals surface area (Å²) < 4.78 is 26.7. The summed E-state index contributed by atoms with van der Waals surface area (Å²) in [5.74, 6) is 0. The molecule has 0 aromatic carbocycles. The van der Waals surface area contributed by atoms with E-state index in [1.54, 1.807) is 4.31 Å². The molecule has 16 heavy (non-hydrogen) atoms. The van der Waals surface area contributed by atoms with E-state index in [1.165, 1.54) is 0 Å². The Labute approximate surface area is 98.4 Å². The number of nitrogens with one attached hydrogen (secondary N) is 1. The molecule has 0 spiro atoms. The smallest absolute Gasteiger partial charge is 0.217 e. The molecule has 2 fully saturated rings. The van der Waals surface area contributed by atoms with Gasteiger partial charge in [-0.1, -0.05) is 6.92 Å². The first kappa shape index (κ1) is 12.3. The van der Waals surface area contributed by atoms with Gasteiger partial charge in [-0.15, -0.1) is 0 Å². The Hall–Kier alpha value is -0.130. The number of piperidine rings is 1. The van der Waals surface area contributed by atoms with Crippen LogP contribution in [0.4, 0.5) is 0 Å². The number of rotatable bonds is 3. The standard InChI is InChI=1S/C11H22N2O2S/c1-2-10-4-3-9-13(10)16(14,15)11-5-7-12-8-6-11/h10-12H,2-9H2,1H3. The predicted molar refractivity (Wildman–Crippen MR) is 64.8 cm³/mol. The van der Waals surface area contributed by atoms with E-state index in [1.807, 2.05) is 0 Å². The van der Waals surface area contributed by atoms with Crippen molar-refractivity contribution >= 4 is 10.0 Å². The maximum Gasteiger partial charge on any atom is 0.217 e. The fraction of sp³-hybridized carbons (Fsp3) is 1.00. The van der Waals surface area contributed by atoms with Crippen LogP contribution in [-0.4, -0.2) is 43.6 Å². The van der Waals surface area contributed by atoms with Crippen LogP contribution in [0.2, 0.25) is 0 Å². The van der Waals surface area contributed by atoms with Gasteiger partial charge in [0.25, 0.3) is 0 Å². The average Bonchev–Trinajstić information content (AvgIpc) is 2.79. The molecule has 5 heteroatoms. The highest BCUT2D eigenvalue weighted by Gasteiger charge is 2.38. The van der Waals surface area contributed by atoms with Crippen molar-refractivity contribution < 1.29 is 8.42 Å². The maximum atomic E-state index is 12.5. The maximum absolute atomic E-state index is 12.5. The third kappa shape index (κ3) is 2.26. The number of sulfonamides is 1. The first-order chi connectivity index (χ1) is 7.66. The molecular weight excluding hydrogens is 224 g/mol. The van der Waals surface area contributed by atoms with Gasteiger partial charge in [-0.2, -0.15) is 4.31 Å². The fourth-order valence-electron chi connectivity index (χ4n) is 2.84. The normalized spacial score (nSPS) is 29.7. The molecule has 0 saturated carbocycles. The van der Waals surface area contributed by atoms with E-state index in [9.17, 15) is 8.42 Å². The summed E-state index contributed by atoms with van der Waals surface area (Å²) in [5.41, 5.74) is 0. The predicted octanol–water partition coefficient (Wildman–Crippen LogP) is 0.943. The molecule has 4 nitrogen and oxygen atoms in total. The summed E-state index contributed by atoms with van der Waals surface area (Å²) >= 11 is 0. The Morgan fingerprint density at radius 3 is 2.56 bits per heavy atom. The van der Waals surface area contributed by atoms with Crippen molar-refractivity contribution in [2.24, 2.45) is 0 Å². The highest BCUT2D eigenvalue weighted by atomic mass is 32.2. The molecule has 1 unspecified atom stereocenters. The van der Waals surface area contributed by atoms with Crippen molar-refractivity contribution in [1.29, 1.82) is 0 Å². The summed E-state index contributed by atoms with van der Waals surface area (Å²) in [5, 5.41) is 3.08. The summed E-state index contributed by atoms with van der Waals surface area (Å²) in [4.78, 5) is 0. The molecule has 1 N–H and O–H groups in total. The number of nitrogens with zero attached hydrogens (tertiary/aromatic N) is 1. The number of hydrogen-bond acceptors (Lipinski definition) is 3. The fourth-order valence-corrected chi connectivity index (χ4v) is 5.10. The van der Waals surface area contributed by atoms with E-state index in [4.69, 9.17) is 0 Å². The zero-order chi connectivity index (χ0) is 11.6. The Kier molecular flexibility index (Phi) is 3.87. The molecule has 1 atom stereocenters. The Morgan fingerprint density at radius 1 is 1.25 bits per heavy atom. The van der Waals surface area contributed by atoms with Crippen LogP contribution in [0.1, 0.15) is 39.0 Å². The lowest BCUT2D eigenvalue weighted by molar-refractivity contribution is 0.364. The van der Waals surface area contributed by atoms with Crippen molar-refractivity contribution in [2.45, 2.75) is 50.3 Å². The van der Waals surface area contributed by atoms with E-state index in [0.717, 1.165) is 51.7 Å². The molecule has 0 aromatic rings. The van der Waals surface area contributed by atoms with E-state index >= 15 is 0 Å². The van der Waals surface area contributed by atoms with Gasteiger partial charge in [-0.05, 0) is 45.2 Å². The molecule has 0 radical (unpaired) electrons. The van der Waals surface area contributed by atoms with Crippen LogP contribution < -0.4 is 5.32 Å². The zero-order valence-electron chi connectivity index (χ0n) is 9.98. The minimum Gasteiger partial charge on any atom is -0.317 e. The minimum absolute atomic E-state index is 0.138. The van der Waals surface area contributed by atoms with Gasteiger partial charge in [-0.25, -0.2) is 8.42 Å². The van der Waals surface area contributed by atoms with E-state index < -0.39 is 10.0 Å². The molecular formula is C11H22N2O2S. The SMILES string of the molecule is CCC1CCCN1S(=O)(=O)C1CCNCC1. The first-order valence-corrected chi connectivity index (χ1v) is 7.88. The number of hydrogen-bond donors (Lipinski definition) is 1. The van der Waals surface area contributed by atoms with Gasteiger partial charge < -0.3 is 5.32 Å². The van der Waals surface area contributed by atoms with Crippen molar-refractivity contribution in [3.8, 4) is 0 Å². The molecule has 0 aromatic heterocycles. The van der Waals surface area contributed by atoms with Crippen molar-refractivity contribution in [1.82, 2.24) is 9.62 Å². The van der Waals surface area contributed by atoms with Crippen molar-refractivity contribution in [2.75, 3.05) is 19.6 Å². The van der Waals surface area contributed by atoms with Crippen LogP contribution in [0.5, 0.6) is 0 Å². The summed E-state index contributed by atoms with van der Waals surface area (Å²) in [6, 6.07) is 0.264. The third-order valence-electron chi connectivity index (χ3n) is 3.83. The highest BCUT2D eigenvalue weighted by molar-refractivity contribution is 7.89. The minimum atomic E-state index is -3.03. The monoisotopic (exact) mass is 246 g/mol. The quantitative estimate of drug-likeness (QED) is 0.806. The van der Waals surface area contributed by atoms with Gasteiger partial charge in [-0.3, -0.25) is 0 Å². The van der Waals surface area contributed by atoms with Crippen LogP contribution in [0.15, 0.2) is 0 Å². The zero-order valence-corrected chi connectivity index (χ0v) is 10.8. The second kappa shape index (κ2) is 5.02. The molecule has 2 aliphatic rings. The van der Waals surface area contributed by atoms with Gasteiger partial charge in [0.1, 0.15) is 0 Å². The van der Waals surface area contributed by atoms with Crippen molar-refractivity contribution in [3.63, 3.8) is 0 Å². The summed E-state index contributed by atoms with van der Waals surface area (Å²) in [6.45, 7) is 4.51. The van der Waals surface area contributed by atoms with Gasteiger partial charge >= 0.3 is 0 Å². The van der Waals surface area contributed by atoms with Gasteiger partial charge in [0.05, 0.1) is 5.25 Å². The molecule has 2 heterocycles. The molecule has 2 aliphatic heterocycles. The topological polar surface area (TPSA) is 49.4 Å². The van der Waals surface area contributed by atoms with Gasteiger partial charge in [0, 0.05) is 12.6 Å². The lowest BCUT2D eigenvalue weighted by Gasteiger charge is -2.30. The lowest BCUT2D eigenvalue weighted by Crippen LogP contribution is -2.45. The molecule has 0 aliphatic carbocycles. The van der Waals surface area contributed by atoms with Crippen LogP contribution >= 0.6 is 0 Å². The van der Waals surface area contributed by atoms with Crippen LogP contribution in [-0.2, 0) is 10.0 Å².